The summed E-state index contributed by atoms with van der Waals surface area (Å²) in [6.45, 7) is 9.35. The van der Waals surface area contributed by atoms with Gasteiger partial charge in [-0.05, 0) is 14.0 Å². The Labute approximate surface area is 77.3 Å². The Kier molecular flexibility index (Phi) is 4.09. The maximum Gasteiger partial charge on any atom is 0.148 e. The van der Waals surface area contributed by atoms with E-state index in [1.54, 1.807) is 6.92 Å². The first kappa shape index (κ1) is 11.8. The fourth-order valence-corrected chi connectivity index (χ4v) is 2.04. The minimum absolute atomic E-state index is 0.111. The van der Waals surface area contributed by atoms with Crippen molar-refractivity contribution in [1.29, 1.82) is 0 Å². The van der Waals surface area contributed by atoms with Gasteiger partial charge in [-0.15, -0.1) is 6.58 Å². The van der Waals surface area contributed by atoms with E-state index < -0.39 is 0 Å². The SMILES string of the molecule is C=CC(C)(C)[C@@H](C(C)=O)N(C)P. The number of rotatable bonds is 4. The molecule has 0 rings (SSSR count). The summed E-state index contributed by atoms with van der Waals surface area (Å²) in [5.41, 5.74) is -0.178. The van der Waals surface area contributed by atoms with Gasteiger partial charge in [0.2, 0.25) is 0 Å². The van der Waals surface area contributed by atoms with Gasteiger partial charge >= 0.3 is 0 Å². The molecule has 0 aliphatic heterocycles. The van der Waals surface area contributed by atoms with Gasteiger partial charge in [-0.2, -0.15) is 0 Å². The van der Waals surface area contributed by atoms with E-state index in [0.717, 1.165) is 0 Å². The van der Waals surface area contributed by atoms with Crippen LogP contribution >= 0.6 is 9.39 Å². The summed E-state index contributed by atoms with van der Waals surface area (Å²) in [4.78, 5) is 11.3. The van der Waals surface area contributed by atoms with Gasteiger partial charge in [0.1, 0.15) is 5.78 Å². The Morgan fingerprint density at radius 1 is 1.67 bits per heavy atom. The first-order valence-corrected chi connectivity index (χ1v) is 4.46. The number of carbonyl (C=O) groups is 1. The largest absolute Gasteiger partial charge is 0.298 e. The average Bonchev–Trinajstić information content (AvgIpc) is 1.84. The zero-order valence-corrected chi connectivity index (χ0v) is 9.45. The van der Waals surface area contributed by atoms with Crippen LogP contribution in [-0.2, 0) is 4.79 Å². The van der Waals surface area contributed by atoms with Crippen LogP contribution in [0.1, 0.15) is 20.8 Å². The van der Waals surface area contributed by atoms with E-state index in [2.05, 4.69) is 16.0 Å². The van der Waals surface area contributed by atoms with E-state index in [4.69, 9.17) is 0 Å². The molecule has 2 atom stereocenters. The molecule has 0 spiro atoms. The van der Waals surface area contributed by atoms with Gasteiger partial charge in [-0.1, -0.05) is 29.3 Å². The standard InChI is InChI=1S/C9H18NOP/c1-6-9(3,4)8(7(2)11)10(5)12/h6,8H,1,12H2,2-5H3/t8-/m1/s1. The van der Waals surface area contributed by atoms with E-state index in [1.807, 2.05) is 31.6 Å². The first-order chi connectivity index (χ1) is 5.33. The highest BCUT2D eigenvalue weighted by Crippen LogP contribution is 2.27. The van der Waals surface area contributed by atoms with Crippen molar-refractivity contribution in [2.75, 3.05) is 7.05 Å². The molecule has 0 aliphatic rings. The minimum atomic E-state index is -0.178. The molecule has 0 aromatic carbocycles. The third-order valence-electron chi connectivity index (χ3n) is 2.02. The number of hydrogen-bond donors (Lipinski definition) is 0. The predicted molar refractivity (Wildman–Crippen MR) is 55.9 cm³/mol. The lowest BCUT2D eigenvalue weighted by molar-refractivity contribution is -0.122. The second kappa shape index (κ2) is 4.15. The lowest BCUT2D eigenvalue weighted by atomic mass is 9.82. The molecule has 0 radical (unpaired) electrons. The molecule has 0 bridgehead atoms. The van der Waals surface area contributed by atoms with Crippen molar-refractivity contribution >= 4 is 15.2 Å². The van der Waals surface area contributed by atoms with Crippen molar-refractivity contribution in [2.24, 2.45) is 5.41 Å². The summed E-state index contributed by atoms with van der Waals surface area (Å²) >= 11 is 0. The van der Waals surface area contributed by atoms with Crippen molar-refractivity contribution in [1.82, 2.24) is 4.67 Å². The number of nitrogens with zero attached hydrogens (tertiary/aromatic N) is 1. The molecule has 0 N–H and O–H groups in total. The Morgan fingerprint density at radius 3 is 2.17 bits per heavy atom. The van der Waals surface area contributed by atoms with Crippen molar-refractivity contribution in [3.05, 3.63) is 12.7 Å². The lowest BCUT2D eigenvalue weighted by Crippen LogP contribution is -2.42. The third-order valence-corrected chi connectivity index (χ3v) is 2.32. The van der Waals surface area contributed by atoms with Crippen LogP contribution in [0.25, 0.3) is 0 Å². The molecule has 0 saturated heterocycles. The smallest absolute Gasteiger partial charge is 0.148 e. The Bertz CT molecular complexity index is 187. The summed E-state index contributed by atoms with van der Waals surface area (Å²) in [5, 5.41) is 0. The Balaban J connectivity index is 4.74. The van der Waals surface area contributed by atoms with Crippen molar-refractivity contribution < 1.29 is 4.79 Å². The highest BCUT2D eigenvalue weighted by molar-refractivity contribution is 7.13. The monoisotopic (exact) mass is 187 g/mol. The maximum absolute atomic E-state index is 11.3. The first-order valence-electron chi connectivity index (χ1n) is 3.94. The van der Waals surface area contributed by atoms with Gasteiger partial charge in [0, 0.05) is 5.41 Å². The number of hydrogen-bond acceptors (Lipinski definition) is 2. The molecule has 0 aromatic heterocycles. The van der Waals surface area contributed by atoms with Crippen LogP contribution in [0.2, 0.25) is 0 Å². The number of ketones is 1. The fourth-order valence-electron chi connectivity index (χ4n) is 1.45. The zero-order valence-electron chi connectivity index (χ0n) is 8.29. The molecule has 1 unspecified atom stereocenters. The molecule has 0 aromatic rings. The fraction of sp³-hybridized carbons (Fsp3) is 0.667. The molecule has 0 fully saturated rings. The second-order valence-corrected chi connectivity index (χ2v) is 4.52. The van der Waals surface area contributed by atoms with Gasteiger partial charge < -0.3 is 0 Å². The number of Topliss-reactive ketones (excluding diaryl/α,β-unsaturated/α-hetero) is 1. The molecule has 70 valence electrons. The summed E-state index contributed by atoms with van der Waals surface area (Å²) in [7, 11) is 4.40. The molecule has 12 heavy (non-hydrogen) atoms. The Morgan fingerprint density at radius 2 is 2.08 bits per heavy atom. The molecular formula is C9H18NOP. The van der Waals surface area contributed by atoms with Gasteiger partial charge in [0.25, 0.3) is 0 Å². The van der Waals surface area contributed by atoms with E-state index in [1.165, 1.54) is 0 Å². The van der Waals surface area contributed by atoms with Gasteiger partial charge in [-0.25, -0.2) is 0 Å². The normalized spacial score (nSPS) is 14.5. The molecule has 3 heteroatoms. The second-order valence-electron chi connectivity index (χ2n) is 3.70. The Hall–Kier alpha value is -0.200. The predicted octanol–water partition coefficient (Wildman–Crippen LogP) is 1.88. The van der Waals surface area contributed by atoms with E-state index in [-0.39, 0.29) is 17.2 Å². The van der Waals surface area contributed by atoms with Gasteiger partial charge in [-0.3, -0.25) is 9.46 Å². The van der Waals surface area contributed by atoms with Crippen LogP contribution in [-0.4, -0.2) is 23.5 Å². The summed E-state index contributed by atoms with van der Waals surface area (Å²) in [6.07, 6.45) is 1.82. The van der Waals surface area contributed by atoms with Crippen LogP contribution < -0.4 is 0 Å². The topological polar surface area (TPSA) is 20.3 Å². The molecule has 0 saturated carbocycles. The lowest BCUT2D eigenvalue weighted by Gasteiger charge is -2.34. The molecule has 0 amide bonds. The van der Waals surface area contributed by atoms with Gasteiger partial charge in [0.05, 0.1) is 6.04 Å². The molecule has 2 nitrogen and oxygen atoms in total. The summed E-state index contributed by atoms with van der Waals surface area (Å²) in [6, 6.07) is -0.111. The molecule has 0 aliphatic carbocycles. The van der Waals surface area contributed by atoms with Crippen molar-refractivity contribution in [2.45, 2.75) is 26.8 Å². The van der Waals surface area contributed by atoms with Crippen molar-refractivity contribution in [3.63, 3.8) is 0 Å². The highest BCUT2D eigenvalue weighted by atomic mass is 31.0. The van der Waals surface area contributed by atoms with E-state index >= 15 is 0 Å². The van der Waals surface area contributed by atoms with Crippen LogP contribution in [0, 0.1) is 5.41 Å². The number of likely N-dealkylation sites (N-methyl/N-ethyl adjacent to an activating group) is 1. The minimum Gasteiger partial charge on any atom is -0.298 e. The highest BCUT2D eigenvalue weighted by Gasteiger charge is 2.31. The number of carbonyl (C=O) groups excluding carboxylic acids is 1. The maximum atomic E-state index is 11.3. The van der Waals surface area contributed by atoms with Crippen LogP contribution in [0.4, 0.5) is 0 Å². The van der Waals surface area contributed by atoms with Crippen LogP contribution in [0.5, 0.6) is 0 Å². The van der Waals surface area contributed by atoms with Crippen molar-refractivity contribution in [3.8, 4) is 0 Å². The van der Waals surface area contributed by atoms with Crippen LogP contribution in [0.3, 0.4) is 0 Å². The van der Waals surface area contributed by atoms with Gasteiger partial charge in [0.15, 0.2) is 0 Å². The average molecular weight is 187 g/mol. The van der Waals surface area contributed by atoms with E-state index in [9.17, 15) is 4.79 Å². The molecular weight excluding hydrogens is 169 g/mol. The zero-order chi connectivity index (χ0) is 9.94. The third kappa shape index (κ3) is 2.69. The quantitative estimate of drug-likeness (QED) is 0.494. The summed E-state index contributed by atoms with van der Waals surface area (Å²) < 4.78 is 1.85. The molecule has 0 heterocycles. The van der Waals surface area contributed by atoms with Crippen LogP contribution in [0.15, 0.2) is 12.7 Å². The summed E-state index contributed by atoms with van der Waals surface area (Å²) in [5.74, 6) is 0.164. The van der Waals surface area contributed by atoms with E-state index in [0.29, 0.717) is 0 Å².